The number of carbonyl (C=O) groups excluding carboxylic acids is 2. The van der Waals surface area contributed by atoms with Crippen molar-refractivity contribution >= 4 is 50.7 Å². The van der Waals surface area contributed by atoms with Gasteiger partial charge in [-0.2, -0.15) is 0 Å². The Hall–Kier alpha value is -3.07. The minimum atomic E-state index is -3.85. The van der Waals surface area contributed by atoms with Gasteiger partial charge in [0.05, 0.1) is 11.9 Å². The number of para-hydroxylation sites is 1. The van der Waals surface area contributed by atoms with Gasteiger partial charge in [-0.1, -0.05) is 91.6 Å². The van der Waals surface area contributed by atoms with Crippen LogP contribution in [0, 0.1) is 0 Å². The molecule has 41 heavy (non-hydrogen) atoms. The van der Waals surface area contributed by atoms with E-state index in [1.807, 2.05) is 63.2 Å². The second-order valence-corrected chi connectivity index (χ2v) is 12.8. The maximum absolute atomic E-state index is 14.2. The third-order valence-corrected chi connectivity index (χ3v) is 8.66. The summed E-state index contributed by atoms with van der Waals surface area (Å²) in [5.74, 6) is -0.867. The Bertz CT molecular complexity index is 1450. The molecule has 0 fully saturated rings. The summed E-state index contributed by atoms with van der Waals surface area (Å²) in [5, 5.41) is 3.79. The lowest BCUT2D eigenvalue weighted by molar-refractivity contribution is -0.140. The third-order valence-electron chi connectivity index (χ3n) is 6.95. The SMILES string of the molecule is CCc1ccccc1N(CC(=O)N(Cc1ccc(Cl)cc1Cl)[C@@H](Cc1ccccc1)C(=O)N[C@@H](C)CC)S(C)(=O)=O. The number of nitrogens with zero attached hydrogens (tertiary/aromatic N) is 2. The lowest BCUT2D eigenvalue weighted by atomic mass is 10.0. The molecule has 0 saturated heterocycles. The van der Waals surface area contributed by atoms with Crippen LogP contribution in [0.15, 0.2) is 72.8 Å². The van der Waals surface area contributed by atoms with Crippen LogP contribution in [0.25, 0.3) is 0 Å². The summed E-state index contributed by atoms with van der Waals surface area (Å²) in [4.78, 5) is 29.4. The summed E-state index contributed by atoms with van der Waals surface area (Å²) in [5.41, 5.74) is 2.65. The number of aryl methyl sites for hydroxylation is 1. The summed E-state index contributed by atoms with van der Waals surface area (Å²) in [6, 6.07) is 20.4. The van der Waals surface area contributed by atoms with Crippen molar-refractivity contribution in [1.29, 1.82) is 0 Å². The summed E-state index contributed by atoms with van der Waals surface area (Å²) >= 11 is 12.6. The Balaban J connectivity index is 2.11. The Morgan fingerprint density at radius 2 is 1.59 bits per heavy atom. The molecule has 0 bridgehead atoms. The Morgan fingerprint density at radius 1 is 0.927 bits per heavy atom. The van der Waals surface area contributed by atoms with Crippen LogP contribution in [0.1, 0.15) is 43.9 Å². The molecule has 0 spiro atoms. The zero-order valence-corrected chi connectivity index (χ0v) is 26.1. The number of anilines is 1. The van der Waals surface area contributed by atoms with Gasteiger partial charge in [0.25, 0.3) is 0 Å². The van der Waals surface area contributed by atoms with Crippen molar-refractivity contribution in [2.24, 2.45) is 0 Å². The summed E-state index contributed by atoms with van der Waals surface area (Å²) in [7, 11) is -3.85. The molecular weight excluding hydrogens is 581 g/mol. The van der Waals surface area contributed by atoms with Crippen molar-refractivity contribution in [3.05, 3.63) is 99.5 Å². The fourth-order valence-electron chi connectivity index (χ4n) is 4.48. The standard InChI is InChI=1S/C31H37Cl2N3O4S/c1-5-22(3)34-31(38)29(18-23-12-8-7-9-13-23)35(20-25-16-17-26(32)19-27(25)33)30(37)21-36(41(4,39)40)28-15-11-10-14-24(28)6-2/h7-17,19,22,29H,5-6,18,20-21H2,1-4H3,(H,34,38)/t22-,29-/m0/s1. The van der Waals surface area contributed by atoms with Gasteiger partial charge in [-0.25, -0.2) is 8.42 Å². The largest absolute Gasteiger partial charge is 0.352 e. The van der Waals surface area contributed by atoms with E-state index in [0.717, 1.165) is 21.7 Å². The molecule has 0 aromatic heterocycles. The van der Waals surface area contributed by atoms with Crippen LogP contribution in [-0.2, 0) is 39.0 Å². The van der Waals surface area contributed by atoms with Crippen molar-refractivity contribution < 1.29 is 18.0 Å². The Morgan fingerprint density at radius 3 is 2.20 bits per heavy atom. The molecule has 0 aliphatic heterocycles. The zero-order chi connectivity index (χ0) is 30.2. The summed E-state index contributed by atoms with van der Waals surface area (Å²) in [6.45, 7) is 5.27. The molecule has 220 valence electrons. The van der Waals surface area contributed by atoms with Gasteiger partial charge >= 0.3 is 0 Å². The van der Waals surface area contributed by atoms with Crippen LogP contribution in [0.3, 0.4) is 0 Å². The molecule has 0 heterocycles. The first-order chi connectivity index (χ1) is 19.4. The number of amides is 2. The van der Waals surface area contributed by atoms with Crippen LogP contribution in [0.4, 0.5) is 5.69 Å². The highest BCUT2D eigenvalue weighted by atomic mass is 35.5. The number of sulfonamides is 1. The maximum atomic E-state index is 14.2. The fourth-order valence-corrected chi connectivity index (χ4v) is 5.82. The normalized spacial score (nSPS) is 12.8. The molecule has 0 aliphatic rings. The Kier molecular flexibility index (Phi) is 11.6. The van der Waals surface area contributed by atoms with E-state index in [1.165, 1.54) is 4.90 Å². The first kappa shape index (κ1) is 32.4. The van der Waals surface area contributed by atoms with E-state index >= 15 is 0 Å². The van der Waals surface area contributed by atoms with Gasteiger partial charge in [-0.15, -0.1) is 0 Å². The number of benzene rings is 3. The van der Waals surface area contributed by atoms with Crippen LogP contribution >= 0.6 is 23.2 Å². The van der Waals surface area contributed by atoms with Gasteiger partial charge in [0.15, 0.2) is 0 Å². The first-order valence-electron chi connectivity index (χ1n) is 13.6. The molecule has 10 heteroatoms. The lowest BCUT2D eigenvalue weighted by Gasteiger charge is -2.34. The number of rotatable bonds is 13. The summed E-state index contributed by atoms with van der Waals surface area (Å²) < 4.78 is 27.2. The van der Waals surface area contributed by atoms with Gasteiger partial charge in [0.1, 0.15) is 12.6 Å². The van der Waals surface area contributed by atoms with Gasteiger partial charge in [-0.05, 0) is 54.7 Å². The second-order valence-electron chi connectivity index (χ2n) is 10.0. The molecule has 0 unspecified atom stereocenters. The van der Waals surface area contributed by atoms with Gasteiger partial charge in [0, 0.05) is 29.1 Å². The quantitative estimate of drug-likeness (QED) is 0.260. The molecule has 1 N–H and O–H groups in total. The van der Waals surface area contributed by atoms with E-state index < -0.39 is 28.5 Å². The predicted octanol–water partition coefficient (Wildman–Crippen LogP) is 5.88. The molecule has 0 radical (unpaired) electrons. The third kappa shape index (κ3) is 8.96. The highest BCUT2D eigenvalue weighted by Gasteiger charge is 2.34. The van der Waals surface area contributed by atoms with E-state index in [2.05, 4.69) is 5.32 Å². The van der Waals surface area contributed by atoms with Gasteiger partial charge in [0.2, 0.25) is 21.8 Å². The van der Waals surface area contributed by atoms with E-state index in [1.54, 1.807) is 30.3 Å². The van der Waals surface area contributed by atoms with Crippen LogP contribution < -0.4 is 9.62 Å². The van der Waals surface area contributed by atoms with Crippen molar-refractivity contribution in [2.75, 3.05) is 17.1 Å². The van der Waals surface area contributed by atoms with Crippen molar-refractivity contribution in [3.63, 3.8) is 0 Å². The average Bonchev–Trinajstić information content (AvgIpc) is 2.94. The number of halogens is 2. The van der Waals surface area contributed by atoms with Crippen molar-refractivity contribution in [1.82, 2.24) is 10.2 Å². The molecule has 0 aliphatic carbocycles. The molecular formula is C31H37Cl2N3O4S. The van der Waals surface area contributed by atoms with Gasteiger partial charge < -0.3 is 10.2 Å². The Labute approximate surface area is 253 Å². The maximum Gasteiger partial charge on any atom is 0.244 e. The molecule has 3 aromatic carbocycles. The highest BCUT2D eigenvalue weighted by molar-refractivity contribution is 7.92. The van der Waals surface area contributed by atoms with E-state index in [4.69, 9.17) is 23.2 Å². The smallest absolute Gasteiger partial charge is 0.244 e. The number of carbonyl (C=O) groups is 2. The molecule has 7 nitrogen and oxygen atoms in total. The second kappa shape index (κ2) is 14.7. The van der Waals surface area contributed by atoms with E-state index in [-0.39, 0.29) is 24.9 Å². The minimum Gasteiger partial charge on any atom is -0.352 e. The van der Waals surface area contributed by atoms with E-state index in [9.17, 15) is 18.0 Å². The van der Waals surface area contributed by atoms with Gasteiger partial charge in [-0.3, -0.25) is 13.9 Å². The molecule has 3 rings (SSSR count). The van der Waals surface area contributed by atoms with E-state index in [0.29, 0.717) is 34.1 Å². The molecule has 3 aromatic rings. The monoisotopic (exact) mass is 617 g/mol. The highest BCUT2D eigenvalue weighted by Crippen LogP contribution is 2.27. The average molecular weight is 619 g/mol. The first-order valence-corrected chi connectivity index (χ1v) is 16.2. The van der Waals surface area contributed by atoms with Crippen molar-refractivity contribution in [2.45, 2.75) is 58.7 Å². The number of hydrogen-bond acceptors (Lipinski definition) is 4. The fraction of sp³-hybridized carbons (Fsp3) is 0.355. The molecule has 0 saturated carbocycles. The number of hydrogen-bond donors (Lipinski definition) is 1. The number of nitrogens with one attached hydrogen (secondary N) is 1. The van der Waals surface area contributed by atoms with Crippen molar-refractivity contribution in [3.8, 4) is 0 Å². The van der Waals surface area contributed by atoms with Crippen LogP contribution in [0.2, 0.25) is 10.0 Å². The molecule has 2 amide bonds. The zero-order valence-electron chi connectivity index (χ0n) is 23.8. The lowest BCUT2D eigenvalue weighted by Crippen LogP contribution is -2.54. The summed E-state index contributed by atoms with van der Waals surface area (Å²) in [6.07, 6.45) is 2.58. The topological polar surface area (TPSA) is 86.8 Å². The van der Waals surface area contributed by atoms with Crippen LogP contribution in [0.5, 0.6) is 0 Å². The minimum absolute atomic E-state index is 0.0205. The molecule has 2 atom stereocenters. The predicted molar refractivity (Wildman–Crippen MR) is 167 cm³/mol. The van der Waals surface area contributed by atoms with Crippen LogP contribution in [-0.4, -0.2) is 50.0 Å².